The number of nitrogens with zero attached hydrogens (tertiary/aromatic N) is 1. The number of carbonyl (C=O) groups excluding carboxylic acids is 1. The molecule has 1 amide bonds. The normalized spacial score (nSPS) is 24.1. The van der Waals surface area contributed by atoms with Crippen LogP contribution in [0.5, 0.6) is 5.75 Å². The highest BCUT2D eigenvalue weighted by atomic mass is 19.1. The first-order chi connectivity index (χ1) is 17.8. The zero-order chi connectivity index (χ0) is 26.4. The molecule has 0 spiro atoms. The third-order valence-corrected chi connectivity index (χ3v) is 8.06. The first-order valence-corrected chi connectivity index (χ1v) is 13.3. The molecule has 0 radical (unpaired) electrons. The third-order valence-electron chi connectivity index (χ3n) is 8.06. The van der Waals surface area contributed by atoms with Gasteiger partial charge in [-0.2, -0.15) is 0 Å². The van der Waals surface area contributed by atoms with Crippen LogP contribution in [0.25, 0.3) is 0 Å². The number of carbonyl (C=O) groups is 1. The van der Waals surface area contributed by atoms with Crippen LogP contribution in [0.3, 0.4) is 0 Å². The van der Waals surface area contributed by atoms with Crippen molar-refractivity contribution in [1.29, 1.82) is 0 Å². The molecule has 2 aromatic rings. The minimum atomic E-state index is -0.279. The second kappa shape index (κ2) is 11.8. The molecule has 4 N–H and O–H groups in total. The number of amides is 1. The predicted molar refractivity (Wildman–Crippen MR) is 147 cm³/mol. The number of hydrogen-bond donors (Lipinski definition) is 3. The van der Waals surface area contributed by atoms with Gasteiger partial charge in [0.2, 0.25) is 5.91 Å². The smallest absolute Gasteiger partial charge is 0.220 e. The molecule has 2 aliphatic carbocycles. The Hall–Kier alpha value is -3.41. The highest BCUT2D eigenvalue weighted by molar-refractivity contribution is 6.11. The maximum absolute atomic E-state index is 13.3. The van der Waals surface area contributed by atoms with E-state index in [-0.39, 0.29) is 28.9 Å². The molecular formula is C31H38FN3O2. The maximum Gasteiger partial charge on any atom is 0.220 e. The van der Waals surface area contributed by atoms with E-state index in [1.165, 1.54) is 17.7 Å². The van der Waals surface area contributed by atoms with Gasteiger partial charge in [-0.25, -0.2) is 9.38 Å². The second-order valence-corrected chi connectivity index (χ2v) is 10.6. The number of para-hydroxylation sites is 1. The summed E-state index contributed by atoms with van der Waals surface area (Å²) in [6.07, 6.45) is 10.4. The lowest BCUT2D eigenvalue weighted by Crippen LogP contribution is -2.39. The molecule has 2 aromatic carbocycles. The fourth-order valence-corrected chi connectivity index (χ4v) is 5.93. The van der Waals surface area contributed by atoms with E-state index in [0.29, 0.717) is 24.4 Å². The summed E-state index contributed by atoms with van der Waals surface area (Å²) in [5.41, 5.74) is 10.8. The van der Waals surface area contributed by atoms with Gasteiger partial charge in [0.1, 0.15) is 11.6 Å². The van der Waals surface area contributed by atoms with Crippen molar-refractivity contribution in [1.82, 2.24) is 5.32 Å². The number of fused-ring (bicyclic) bond motifs is 1. The first kappa shape index (κ1) is 26.6. The van der Waals surface area contributed by atoms with Crippen LogP contribution in [0.15, 0.2) is 76.9 Å². The Bertz CT molecular complexity index is 1200. The van der Waals surface area contributed by atoms with Crippen molar-refractivity contribution in [3.63, 3.8) is 0 Å². The maximum atomic E-state index is 13.3. The molecule has 6 heteroatoms. The van der Waals surface area contributed by atoms with Gasteiger partial charge in [-0.05, 0) is 104 Å². The number of halogens is 1. The van der Waals surface area contributed by atoms with Crippen LogP contribution in [0.4, 0.5) is 10.1 Å². The topological polar surface area (TPSA) is 87.7 Å². The molecule has 1 saturated carbocycles. The van der Waals surface area contributed by atoms with Crippen LogP contribution in [-0.2, 0) is 11.2 Å². The summed E-state index contributed by atoms with van der Waals surface area (Å²) in [5.74, 6) is 0.414. The Labute approximate surface area is 219 Å². The zero-order valence-corrected chi connectivity index (χ0v) is 21.8. The number of nitrogens with one attached hydrogen (secondary N) is 1. The molecule has 4 rings (SSSR count). The van der Waals surface area contributed by atoms with Crippen molar-refractivity contribution in [3.05, 3.63) is 83.3 Å². The molecule has 37 heavy (non-hydrogen) atoms. The molecule has 0 saturated heterocycles. The van der Waals surface area contributed by atoms with Crippen molar-refractivity contribution in [2.75, 3.05) is 0 Å². The van der Waals surface area contributed by atoms with E-state index in [2.05, 4.69) is 25.2 Å². The lowest BCUT2D eigenvalue weighted by molar-refractivity contribution is -0.122. The van der Waals surface area contributed by atoms with Crippen LogP contribution in [-0.4, -0.2) is 22.8 Å². The minimum absolute atomic E-state index is 0.0282. The van der Waals surface area contributed by atoms with Gasteiger partial charge in [-0.1, -0.05) is 44.0 Å². The average molecular weight is 504 g/mol. The van der Waals surface area contributed by atoms with E-state index >= 15 is 0 Å². The largest absolute Gasteiger partial charge is 0.508 e. The summed E-state index contributed by atoms with van der Waals surface area (Å²) in [7, 11) is 0. The molecule has 196 valence electrons. The molecule has 0 aliphatic heterocycles. The molecule has 3 atom stereocenters. The van der Waals surface area contributed by atoms with E-state index in [1.807, 2.05) is 12.1 Å². The van der Waals surface area contributed by atoms with Gasteiger partial charge in [0.05, 0.1) is 11.4 Å². The summed E-state index contributed by atoms with van der Waals surface area (Å²) >= 11 is 0. The van der Waals surface area contributed by atoms with E-state index in [4.69, 9.17) is 10.7 Å². The average Bonchev–Trinajstić information content (AvgIpc) is 3.19. The second-order valence-electron chi connectivity index (χ2n) is 10.6. The number of aliphatic imine (C=N–C) groups is 1. The van der Waals surface area contributed by atoms with Gasteiger partial charge in [0.25, 0.3) is 0 Å². The van der Waals surface area contributed by atoms with E-state index in [1.54, 1.807) is 30.5 Å². The van der Waals surface area contributed by atoms with Gasteiger partial charge in [0.15, 0.2) is 0 Å². The van der Waals surface area contributed by atoms with Gasteiger partial charge in [-0.15, -0.1) is 0 Å². The van der Waals surface area contributed by atoms with Crippen LogP contribution in [0.2, 0.25) is 0 Å². The number of aryl methyl sites for hydroxylation is 1. The van der Waals surface area contributed by atoms with Crippen molar-refractivity contribution in [2.45, 2.75) is 71.3 Å². The molecule has 0 aromatic heterocycles. The van der Waals surface area contributed by atoms with Gasteiger partial charge in [0, 0.05) is 12.5 Å². The standard InChI is InChI=1S/C31H38FN3O2/c1-3-6-27(35-30(37)16-9-21-7-4-5-8-29(21)36)17-23-10-11-24-18-28(22(20-33)19-31(23,24)2)34-26-14-12-25(32)13-15-26/h4-5,7-8,12-15,18,20,23,27,36H,3,6,9-11,16-17,19,33H2,1-2H3,(H,35,37)/t23-,27?,31-/m1/s1. The summed E-state index contributed by atoms with van der Waals surface area (Å²) in [4.78, 5) is 17.6. The summed E-state index contributed by atoms with van der Waals surface area (Å²) in [6.45, 7) is 4.47. The Kier molecular flexibility index (Phi) is 8.47. The highest BCUT2D eigenvalue weighted by Gasteiger charge is 2.46. The first-order valence-electron chi connectivity index (χ1n) is 13.3. The van der Waals surface area contributed by atoms with Crippen LogP contribution >= 0.6 is 0 Å². The summed E-state index contributed by atoms with van der Waals surface area (Å²) in [5, 5.41) is 13.3. The molecule has 2 aliphatic rings. The third kappa shape index (κ3) is 6.30. The molecule has 1 unspecified atom stereocenters. The SMILES string of the molecule is CCCC(C[C@H]1CCC2=CC(=Nc3ccc(F)cc3)C(=CN)C[C@@]21C)NC(=O)CCc1ccccc1O. The quantitative estimate of drug-likeness (QED) is 0.365. The van der Waals surface area contributed by atoms with Gasteiger partial charge < -0.3 is 16.2 Å². The lowest BCUT2D eigenvalue weighted by Gasteiger charge is -2.39. The molecular weight excluding hydrogens is 465 g/mol. The number of hydrogen-bond acceptors (Lipinski definition) is 4. The van der Waals surface area contributed by atoms with E-state index in [9.17, 15) is 14.3 Å². The Balaban J connectivity index is 1.45. The summed E-state index contributed by atoms with van der Waals surface area (Å²) in [6, 6.07) is 13.5. The number of rotatable bonds is 9. The van der Waals surface area contributed by atoms with E-state index in [0.717, 1.165) is 55.4 Å². The number of benzene rings is 2. The molecule has 5 nitrogen and oxygen atoms in total. The van der Waals surface area contributed by atoms with Gasteiger partial charge >= 0.3 is 0 Å². The fourth-order valence-electron chi connectivity index (χ4n) is 5.93. The van der Waals surface area contributed by atoms with Crippen molar-refractivity contribution < 1.29 is 14.3 Å². The Morgan fingerprint density at radius 3 is 2.73 bits per heavy atom. The number of allylic oxidation sites excluding steroid dienone is 3. The van der Waals surface area contributed by atoms with E-state index < -0.39 is 0 Å². The van der Waals surface area contributed by atoms with Crippen molar-refractivity contribution in [3.8, 4) is 5.75 Å². The van der Waals surface area contributed by atoms with Crippen molar-refractivity contribution >= 4 is 17.3 Å². The number of phenols is 1. The fraction of sp³-hybridized carbons (Fsp3) is 0.419. The highest BCUT2D eigenvalue weighted by Crippen LogP contribution is 2.55. The zero-order valence-electron chi connectivity index (χ0n) is 21.8. The Morgan fingerprint density at radius 1 is 1.27 bits per heavy atom. The number of nitrogens with two attached hydrogens (primary N) is 1. The molecule has 0 bridgehead atoms. The summed E-state index contributed by atoms with van der Waals surface area (Å²) < 4.78 is 13.3. The van der Waals surface area contributed by atoms with Crippen LogP contribution in [0, 0.1) is 17.2 Å². The predicted octanol–water partition coefficient (Wildman–Crippen LogP) is 6.50. The van der Waals surface area contributed by atoms with Gasteiger partial charge in [-0.3, -0.25) is 4.79 Å². The van der Waals surface area contributed by atoms with Crippen LogP contribution in [0.1, 0.15) is 64.4 Å². The monoisotopic (exact) mass is 503 g/mol. The number of phenolic OH excluding ortho intramolecular Hbond substituents is 1. The minimum Gasteiger partial charge on any atom is -0.508 e. The lowest BCUT2D eigenvalue weighted by atomic mass is 9.67. The molecule has 0 heterocycles. The number of aromatic hydroxyl groups is 1. The molecule has 1 fully saturated rings. The Morgan fingerprint density at radius 2 is 2.03 bits per heavy atom. The van der Waals surface area contributed by atoms with Crippen LogP contribution < -0.4 is 11.1 Å². The van der Waals surface area contributed by atoms with Crippen molar-refractivity contribution in [2.24, 2.45) is 22.1 Å².